The first-order valence-electron chi connectivity index (χ1n) is 6.38. The van der Waals surface area contributed by atoms with Gasteiger partial charge in [-0.25, -0.2) is 0 Å². The zero-order valence-corrected chi connectivity index (χ0v) is 12.7. The van der Waals surface area contributed by atoms with Crippen LogP contribution in [0.25, 0.3) is 20.2 Å². The highest BCUT2D eigenvalue weighted by molar-refractivity contribution is 7.24. The minimum atomic E-state index is 0. The molecule has 0 N–H and O–H groups in total. The van der Waals surface area contributed by atoms with Crippen molar-refractivity contribution in [3.8, 4) is 5.75 Å². The number of benzene rings is 2. The van der Waals surface area contributed by atoms with Gasteiger partial charge in [0.25, 0.3) is 0 Å². The maximum atomic E-state index is 12.6. The van der Waals surface area contributed by atoms with E-state index in [0.717, 1.165) is 21.2 Å². The predicted octanol–water partition coefficient (Wildman–Crippen LogP) is 4.63. The molecule has 0 aliphatic rings. The summed E-state index contributed by atoms with van der Waals surface area (Å²) in [4.78, 5) is 12.6. The van der Waals surface area contributed by atoms with Crippen LogP contribution in [0.1, 0.15) is 13.3 Å². The average Bonchev–Trinajstić information content (AvgIpc) is 2.45. The Kier molecular flexibility index (Phi) is 4.63. The second kappa shape index (κ2) is 6.25. The molecule has 4 heteroatoms. The van der Waals surface area contributed by atoms with Crippen molar-refractivity contribution in [3.05, 3.63) is 52.7 Å². The van der Waals surface area contributed by atoms with Crippen LogP contribution in [0.2, 0.25) is 0 Å². The van der Waals surface area contributed by atoms with Gasteiger partial charge in [0.2, 0.25) is 0 Å². The topological polar surface area (TPSA) is 26.3 Å². The lowest BCUT2D eigenvalue weighted by Crippen LogP contribution is -2.04. The molecule has 3 rings (SSSR count). The van der Waals surface area contributed by atoms with E-state index in [1.165, 1.54) is 0 Å². The lowest BCUT2D eigenvalue weighted by Gasteiger charge is -2.08. The van der Waals surface area contributed by atoms with Gasteiger partial charge >= 0.3 is 0 Å². The van der Waals surface area contributed by atoms with Crippen molar-refractivity contribution in [2.75, 3.05) is 6.61 Å². The smallest absolute Gasteiger partial charge is 0.199 e. The van der Waals surface area contributed by atoms with E-state index in [1.807, 2.05) is 42.5 Å². The Balaban J connectivity index is 0.00000147. The summed E-state index contributed by atoms with van der Waals surface area (Å²) in [6.45, 7) is 2.69. The molecule has 0 aliphatic carbocycles. The molecule has 2 aromatic carbocycles. The lowest BCUT2D eigenvalue weighted by atomic mass is 10.1. The Morgan fingerprint density at radius 3 is 2.60 bits per heavy atom. The van der Waals surface area contributed by atoms with Crippen LogP contribution >= 0.6 is 23.7 Å². The molecule has 0 radical (unpaired) electrons. The first-order chi connectivity index (χ1) is 9.31. The molecule has 0 spiro atoms. The standard InChI is InChI=1S/C16H14O2S.ClH/c1-2-10-18-12-7-5-9-14-15(12)16(17)11-6-3-4-8-13(11)19-14;/h3-9H,2,10H2,1H3;1H. The van der Waals surface area contributed by atoms with Crippen LogP contribution in [0.15, 0.2) is 47.3 Å². The molecule has 1 heterocycles. The van der Waals surface area contributed by atoms with Crippen molar-refractivity contribution in [2.24, 2.45) is 0 Å². The van der Waals surface area contributed by atoms with Crippen molar-refractivity contribution in [2.45, 2.75) is 13.3 Å². The van der Waals surface area contributed by atoms with Crippen LogP contribution in [0.3, 0.4) is 0 Å². The summed E-state index contributed by atoms with van der Waals surface area (Å²) >= 11 is 1.63. The first-order valence-corrected chi connectivity index (χ1v) is 7.20. The third-order valence-corrected chi connectivity index (χ3v) is 4.16. The van der Waals surface area contributed by atoms with Crippen LogP contribution in [0.5, 0.6) is 5.75 Å². The van der Waals surface area contributed by atoms with E-state index < -0.39 is 0 Å². The van der Waals surface area contributed by atoms with Gasteiger partial charge in [0.1, 0.15) is 5.75 Å². The number of hydrogen-bond donors (Lipinski definition) is 0. The third kappa shape index (κ3) is 2.51. The summed E-state index contributed by atoms with van der Waals surface area (Å²) in [5.74, 6) is 0.700. The SMILES string of the molecule is CCCOc1cccc2sc3ccccc3c(=O)c12.Cl. The van der Waals surface area contributed by atoms with Crippen molar-refractivity contribution < 1.29 is 4.74 Å². The van der Waals surface area contributed by atoms with Crippen LogP contribution < -0.4 is 10.2 Å². The summed E-state index contributed by atoms with van der Waals surface area (Å²) in [6, 6.07) is 13.5. The molecular formula is C16H15ClO2S. The minimum absolute atomic E-state index is 0. The molecule has 3 aromatic rings. The van der Waals surface area contributed by atoms with Gasteiger partial charge in [-0.3, -0.25) is 4.79 Å². The van der Waals surface area contributed by atoms with Gasteiger partial charge in [-0.1, -0.05) is 25.1 Å². The van der Waals surface area contributed by atoms with E-state index in [-0.39, 0.29) is 17.8 Å². The van der Waals surface area contributed by atoms with E-state index in [1.54, 1.807) is 11.3 Å². The minimum Gasteiger partial charge on any atom is -0.493 e. The molecular weight excluding hydrogens is 292 g/mol. The van der Waals surface area contributed by atoms with E-state index in [4.69, 9.17) is 4.74 Å². The van der Waals surface area contributed by atoms with E-state index in [0.29, 0.717) is 17.7 Å². The molecule has 104 valence electrons. The maximum Gasteiger partial charge on any atom is 0.199 e. The molecule has 20 heavy (non-hydrogen) atoms. The van der Waals surface area contributed by atoms with Crippen LogP contribution in [-0.2, 0) is 0 Å². The fraction of sp³-hybridized carbons (Fsp3) is 0.188. The average molecular weight is 307 g/mol. The Morgan fingerprint density at radius 1 is 1.05 bits per heavy atom. The van der Waals surface area contributed by atoms with Crippen molar-refractivity contribution in [1.29, 1.82) is 0 Å². The van der Waals surface area contributed by atoms with Crippen LogP contribution in [0, 0.1) is 0 Å². The van der Waals surface area contributed by atoms with E-state index in [9.17, 15) is 4.79 Å². The highest BCUT2D eigenvalue weighted by Crippen LogP contribution is 2.30. The Hall–Kier alpha value is -1.58. The van der Waals surface area contributed by atoms with Gasteiger partial charge in [-0.15, -0.1) is 23.7 Å². The lowest BCUT2D eigenvalue weighted by molar-refractivity contribution is 0.321. The number of hydrogen-bond acceptors (Lipinski definition) is 3. The zero-order chi connectivity index (χ0) is 13.2. The quantitative estimate of drug-likeness (QED) is 0.660. The fourth-order valence-corrected chi connectivity index (χ4v) is 3.24. The number of ether oxygens (including phenoxy) is 1. The van der Waals surface area contributed by atoms with Crippen molar-refractivity contribution >= 4 is 43.9 Å². The largest absolute Gasteiger partial charge is 0.493 e. The Labute approximate surface area is 127 Å². The summed E-state index contributed by atoms with van der Waals surface area (Å²) in [6.07, 6.45) is 0.932. The van der Waals surface area contributed by atoms with Gasteiger partial charge in [0, 0.05) is 14.8 Å². The first kappa shape index (κ1) is 14.8. The number of fused-ring (bicyclic) bond motifs is 2. The molecule has 0 unspecified atom stereocenters. The molecule has 2 nitrogen and oxygen atoms in total. The maximum absolute atomic E-state index is 12.6. The number of halogens is 1. The molecule has 0 bridgehead atoms. The predicted molar refractivity (Wildman–Crippen MR) is 88.6 cm³/mol. The Morgan fingerprint density at radius 2 is 1.80 bits per heavy atom. The summed E-state index contributed by atoms with van der Waals surface area (Å²) in [7, 11) is 0. The summed E-state index contributed by atoms with van der Waals surface area (Å²) in [5.41, 5.74) is 0.0658. The van der Waals surface area contributed by atoms with E-state index in [2.05, 4.69) is 6.92 Å². The van der Waals surface area contributed by atoms with Crippen molar-refractivity contribution in [1.82, 2.24) is 0 Å². The normalized spacial score (nSPS) is 10.4. The van der Waals surface area contributed by atoms with Crippen LogP contribution in [0.4, 0.5) is 0 Å². The van der Waals surface area contributed by atoms with Crippen LogP contribution in [-0.4, -0.2) is 6.61 Å². The van der Waals surface area contributed by atoms with Gasteiger partial charge in [0.05, 0.1) is 12.0 Å². The third-order valence-electron chi connectivity index (χ3n) is 3.03. The highest BCUT2D eigenvalue weighted by atomic mass is 35.5. The monoisotopic (exact) mass is 306 g/mol. The second-order valence-corrected chi connectivity index (χ2v) is 5.49. The van der Waals surface area contributed by atoms with Gasteiger partial charge in [-0.2, -0.15) is 0 Å². The highest BCUT2D eigenvalue weighted by Gasteiger charge is 2.10. The molecule has 1 aromatic heterocycles. The zero-order valence-electron chi connectivity index (χ0n) is 11.1. The van der Waals surface area contributed by atoms with Gasteiger partial charge in [0.15, 0.2) is 5.43 Å². The van der Waals surface area contributed by atoms with Gasteiger partial charge in [-0.05, 0) is 30.7 Å². The second-order valence-electron chi connectivity index (χ2n) is 4.41. The Bertz CT molecular complexity index is 795. The van der Waals surface area contributed by atoms with Gasteiger partial charge < -0.3 is 4.74 Å². The molecule has 0 saturated heterocycles. The summed E-state index contributed by atoms with van der Waals surface area (Å²) < 4.78 is 7.71. The molecule has 0 atom stereocenters. The summed E-state index contributed by atoms with van der Waals surface area (Å²) in [5, 5.41) is 1.48. The molecule has 0 amide bonds. The fourth-order valence-electron chi connectivity index (χ4n) is 2.15. The van der Waals surface area contributed by atoms with E-state index >= 15 is 0 Å². The molecule has 0 fully saturated rings. The molecule has 0 aliphatic heterocycles. The number of rotatable bonds is 3. The molecule has 0 saturated carbocycles. The van der Waals surface area contributed by atoms with Crippen molar-refractivity contribution in [3.63, 3.8) is 0 Å².